The van der Waals surface area contributed by atoms with Crippen molar-refractivity contribution in [1.29, 1.82) is 5.26 Å². The molecule has 23 heavy (non-hydrogen) atoms. The van der Waals surface area contributed by atoms with Crippen LogP contribution in [0.4, 0.5) is 0 Å². The van der Waals surface area contributed by atoms with Crippen molar-refractivity contribution in [3.63, 3.8) is 0 Å². The van der Waals surface area contributed by atoms with Gasteiger partial charge in [0.05, 0.1) is 5.69 Å². The van der Waals surface area contributed by atoms with Gasteiger partial charge < -0.3 is 9.47 Å². The molecule has 0 aliphatic carbocycles. The van der Waals surface area contributed by atoms with Crippen molar-refractivity contribution in [1.82, 2.24) is 9.47 Å². The zero-order valence-electron chi connectivity index (χ0n) is 13.5. The van der Waals surface area contributed by atoms with Crippen molar-refractivity contribution in [3.05, 3.63) is 57.9 Å². The molecule has 4 heteroatoms. The lowest BCUT2D eigenvalue weighted by Crippen LogP contribution is -2.31. The van der Waals surface area contributed by atoms with Crippen LogP contribution in [0, 0.1) is 18.3 Å². The van der Waals surface area contributed by atoms with Crippen molar-refractivity contribution in [2.75, 3.05) is 19.6 Å². The Morgan fingerprint density at radius 3 is 2.39 bits per heavy atom. The molecule has 2 aromatic rings. The number of hydrogen-bond donors (Lipinski definition) is 0. The lowest BCUT2D eigenvalue weighted by Gasteiger charge is -2.18. The van der Waals surface area contributed by atoms with Gasteiger partial charge in [-0.15, -0.1) is 0 Å². The molecule has 1 aromatic carbocycles. The van der Waals surface area contributed by atoms with Crippen LogP contribution < -0.4 is 5.56 Å². The number of benzene rings is 1. The predicted molar refractivity (Wildman–Crippen MR) is 91.3 cm³/mol. The number of pyridine rings is 1. The zero-order valence-corrected chi connectivity index (χ0v) is 13.5. The van der Waals surface area contributed by atoms with E-state index in [1.165, 1.54) is 18.4 Å². The molecule has 1 aliphatic heterocycles. The maximum atomic E-state index is 12.6. The summed E-state index contributed by atoms with van der Waals surface area (Å²) in [6.45, 7) is 5.73. The van der Waals surface area contributed by atoms with Crippen LogP contribution in [0.3, 0.4) is 0 Å². The number of likely N-dealkylation sites (tertiary alicyclic amines) is 1. The summed E-state index contributed by atoms with van der Waals surface area (Å²) in [7, 11) is 0. The molecule has 0 saturated carbocycles. The van der Waals surface area contributed by atoms with E-state index in [1.807, 2.05) is 43.3 Å². The van der Waals surface area contributed by atoms with E-state index in [-0.39, 0.29) is 11.1 Å². The quantitative estimate of drug-likeness (QED) is 0.872. The first kappa shape index (κ1) is 15.5. The minimum absolute atomic E-state index is 0.190. The van der Waals surface area contributed by atoms with Crippen LogP contribution in [-0.4, -0.2) is 29.1 Å². The van der Waals surface area contributed by atoms with E-state index in [0.717, 1.165) is 30.9 Å². The van der Waals surface area contributed by atoms with Crippen LogP contribution in [0.25, 0.3) is 11.3 Å². The third kappa shape index (κ3) is 3.35. The van der Waals surface area contributed by atoms with Crippen LogP contribution in [-0.2, 0) is 6.54 Å². The van der Waals surface area contributed by atoms with E-state index in [9.17, 15) is 4.79 Å². The highest BCUT2D eigenvalue weighted by Gasteiger charge is 2.14. The first-order valence-corrected chi connectivity index (χ1v) is 8.12. The summed E-state index contributed by atoms with van der Waals surface area (Å²) < 4.78 is 1.75. The number of aromatic nitrogens is 1. The van der Waals surface area contributed by atoms with Gasteiger partial charge in [0.1, 0.15) is 11.6 Å². The number of aryl methyl sites for hydroxylation is 1. The van der Waals surface area contributed by atoms with Crippen LogP contribution in [0.5, 0.6) is 0 Å². The Morgan fingerprint density at radius 2 is 1.74 bits per heavy atom. The molecule has 4 nitrogen and oxygen atoms in total. The third-order valence-electron chi connectivity index (χ3n) is 4.48. The van der Waals surface area contributed by atoms with Gasteiger partial charge in [-0.1, -0.05) is 29.8 Å². The Morgan fingerprint density at radius 1 is 1.04 bits per heavy atom. The lowest BCUT2D eigenvalue weighted by molar-refractivity contribution is 0.321. The second kappa shape index (κ2) is 6.80. The molecule has 0 bridgehead atoms. The molecule has 0 spiro atoms. The Kier molecular flexibility index (Phi) is 4.59. The molecule has 0 atom stereocenters. The van der Waals surface area contributed by atoms with Gasteiger partial charge in [-0.25, -0.2) is 0 Å². The molecule has 0 N–H and O–H groups in total. The topological polar surface area (TPSA) is 49.0 Å². The van der Waals surface area contributed by atoms with Gasteiger partial charge >= 0.3 is 0 Å². The van der Waals surface area contributed by atoms with Crippen LogP contribution in [0.15, 0.2) is 41.2 Å². The van der Waals surface area contributed by atoms with Gasteiger partial charge in [0.15, 0.2) is 0 Å². The second-order valence-corrected chi connectivity index (χ2v) is 6.12. The maximum Gasteiger partial charge on any atom is 0.268 e. The molecule has 1 aliphatic rings. The van der Waals surface area contributed by atoms with Gasteiger partial charge in [0, 0.05) is 13.1 Å². The van der Waals surface area contributed by atoms with Gasteiger partial charge in [-0.3, -0.25) is 4.79 Å². The van der Waals surface area contributed by atoms with Crippen molar-refractivity contribution in [3.8, 4) is 17.3 Å². The summed E-state index contributed by atoms with van der Waals surface area (Å²) in [6, 6.07) is 13.7. The Balaban J connectivity index is 1.97. The standard InChI is InChI=1S/C19H21N3O/c1-15-4-6-16(7-5-15)18-9-8-17(14-20)19(23)22(18)13-12-21-10-2-3-11-21/h4-9H,2-3,10-13H2,1H3. The van der Waals surface area contributed by atoms with Crippen molar-refractivity contribution in [2.24, 2.45) is 0 Å². The number of nitrogens with zero attached hydrogens (tertiary/aromatic N) is 3. The fourth-order valence-corrected chi connectivity index (χ4v) is 3.11. The smallest absolute Gasteiger partial charge is 0.268 e. The second-order valence-electron chi connectivity index (χ2n) is 6.12. The van der Waals surface area contributed by atoms with Gasteiger partial charge in [-0.05, 0) is 50.6 Å². The van der Waals surface area contributed by atoms with E-state index in [4.69, 9.17) is 5.26 Å². The monoisotopic (exact) mass is 307 g/mol. The summed E-state index contributed by atoms with van der Waals surface area (Å²) in [4.78, 5) is 15.0. The summed E-state index contributed by atoms with van der Waals surface area (Å²) >= 11 is 0. The third-order valence-corrected chi connectivity index (χ3v) is 4.48. The highest BCUT2D eigenvalue weighted by molar-refractivity contribution is 5.60. The van der Waals surface area contributed by atoms with Crippen molar-refractivity contribution < 1.29 is 0 Å². The van der Waals surface area contributed by atoms with E-state index in [1.54, 1.807) is 10.6 Å². The number of nitriles is 1. The fraction of sp³-hybridized carbons (Fsp3) is 0.368. The highest BCUT2D eigenvalue weighted by Crippen LogP contribution is 2.19. The van der Waals surface area contributed by atoms with Crippen LogP contribution in [0.2, 0.25) is 0 Å². The average molecular weight is 307 g/mol. The molecule has 118 valence electrons. The fourth-order valence-electron chi connectivity index (χ4n) is 3.11. The number of rotatable bonds is 4. The molecule has 1 fully saturated rings. The summed E-state index contributed by atoms with van der Waals surface area (Å²) in [5, 5.41) is 9.15. The highest BCUT2D eigenvalue weighted by atomic mass is 16.1. The normalized spacial score (nSPS) is 14.8. The van der Waals surface area contributed by atoms with E-state index < -0.39 is 0 Å². The summed E-state index contributed by atoms with van der Waals surface area (Å²) in [6.07, 6.45) is 2.47. The minimum atomic E-state index is -0.190. The Bertz CT molecular complexity index is 778. The molecule has 0 unspecified atom stereocenters. The van der Waals surface area contributed by atoms with Gasteiger partial charge in [-0.2, -0.15) is 5.26 Å². The van der Waals surface area contributed by atoms with Crippen molar-refractivity contribution in [2.45, 2.75) is 26.3 Å². The largest absolute Gasteiger partial charge is 0.306 e. The minimum Gasteiger partial charge on any atom is -0.306 e. The molecule has 2 heterocycles. The summed E-state index contributed by atoms with van der Waals surface area (Å²) in [5.74, 6) is 0. The average Bonchev–Trinajstić information content (AvgIpc) is 3.08. The molecule has 3 rings (SSSR count). The molecular formula is C19H21N3O. The SMILES string of the molecule is Cc1ccc(-c2ccc(C#N)c(=O)n2CCN2CCCC2)cc1. The van der Waals surface area contributed by atoms with Gasteiger partial charge in [0.25, 0.3) is 5.56 Å². The van der Waals surface area contributed by atoms with Crippen LogP contribution in [0.1, 0.15) is 24.0 Å². The Hall–Kier alpha value is -2.38. The lowest BCUT2D eigenvalue weighted by atomic mass is 10.1. The first-order valence-electron chi connectivity index (χ1n) is 8.12. The first-order chi connectivity index (χ1) is 11.2. The zero-order chi connectivity index (χ0) is 16.2. The van der Waals surface area contributed by atoms with E-state index in [2.05, 4.69) is 4.90 Å². The molecule has 0 amide bonds. The van der Waals surface area contributed by atoms with Gasteiger partial charge in [0.2, 0.25) is 0 Å². The van der Waals surface area contributed by atoms with Crippen molar-refractivity contribution >= 4 is 0 Å². The molecule has 1 saturated heterocycles. The number of hydrogen-bond acceptors (Lipinski definition) is 3. The summed E-state index contributed by atoms with van der Waals surface area (Å²) in [5.41, 5.74) is 3.10. The maximum absolute atomic E-state index is 12.6. The molecular weight excluding hydrogens is 286 g/mol. The molecule has 0 radical (unpaired) electrons. The van der Waals surface area contributed by atoms with Crippen LogP contribution >= 0.6 is 0 Å². The van der Waals surface area contributed by atoms with E-state index >= 15 is 0 Å². The Labute approximate surface area is 136 Å². The molecule has 1 aromatic heterocycles. The predicted octanol–water partition coefficient (Wildman–Crippen LogP) is 2.79. The van der Waals surface area contributed by atoms with E-state index in [0.29, 0.717) is 6.54 Å².